The lowest BCUT2D eigenvalue weighted by Crippen LogP contribution is -2.38. The van der Waals surface area contributed by atoms with Crippen LogP contribution < -0.4 is 5.32 Å². The summed E-state index contributed by atoms with van der Waals surface area (Å²) in [6, 6.07) is 7.77. The molecule has 2 rings (SSSR count). The van der Waals surface area contributed by atoms with Gasteiger partial charge in [-0.1, -0.05) is 25.0 Å². The van der Waals surface area contributed by atoms with E-state index in [-0.39, 0.29) is 5.38 Å². The minimum absolute atomic E-state index is 0.256. The van der Waals surface area contributed by atoms with Gasteiger partial charge in [0.15, 0.2) is 0 Å². The third kappa shape index (κ3) is 3.13. The predicted octanol–water partition coefficient (Wildman–Crippen LogP) is 3.03. The van der Waals surface area contributed by atoms with Gasteiger partial charge < -0.3 is 10.4 Å². The number of phenols is 1. The fraction of sp³-hybridized carbons (Fsp3) is 0.538. The van der Waals surface area contributed by atoms with Crippen LogP contribution in [0.4, 0.5) is 0 Å². The average molecular weight is 240 g/mol. The Bertz CT molecular complexity index is 342. The summed E-state index contributed by atoms with van der Waals surface area (Å²) in [7, 11) is 0. The van der Waals surface area contributed by atoms with E-state index in [0.717, 1.165) is 24.9 Å². The summed E-state index contributed by atoms with van der Waals surface area (Å²) < 4.78 is 0. The molecule has 0 aromatic heterocycles. The number of hydrogen-bond acceptors (Lipinski definition) is 2. The molecule has 2 N–H and O–H groups in total. The van der Waals surface area contributed by atoms with Crippen LogP contribution in [0.5, 0.6) is 5.75 Å². The Morgan fingerprint density at radius 3 is 2.88 bits per heavy atom. The standard InChI is InChI=1S/C13H18ClNO/c14-12-6-1-2-7-13(12)15-9-10-4-3-5-11(16)8-10/h3-5,8,12-13,15-16H,1-2,6-7,9H2. The van der Waals surface area contributed by atoms with E-state index in [1.165, 1.54) is 12.8 Å². The van der Waals surface area contributed by atoms with E-state index in [2.05, 4.69) is 5.32 Å². The van der Waals surface area contributed by atoms with E-state index in [4.69, 9.17) is 11.6 Å². The number of phenolic OH excluding ortho intramolecular Hbond substituents is 1. The van der Waals surface area contributed by atoms with Crippen LogP contribution in [0.3, 0.4) is 0 Å². The molecule has 0 saturated heterocycles. The monoisotopic (exact) mass is 239 g/mol. The molecule has 3 heteroatoms. The molecule has 0 radical (unpaired) electrons. The van der Waals surface area contributed by atoms with Gasteiger partial charge in [-0.3, -0.25) is 0 Å². The maximum Gasteiger partial charge on any atom is 0.115 e. The molecule has 0 bridgehead atoms. The Kier molecular flexibility index (Phi) is 4.08. The van der Waals surface area contributed by atoms with Crippen molar-refractivity contribution in [1.29, 1.82) is 0 Å². The molecule has 2 unspecified atom stereocenters. The third-order valence-corrected chi connectivity index (χ3v) is 3.68. The highest BCUT2D eigenvalue weighted by Crippen LogP contribution is 2.23. The molecule has 88 valence electrons. The van der Waals surface area contributed by atoms with Gasteiger partial charge in [-0.05, 0) is 30.5 Å². The maximum atomic E-state index is 9.35. The van der Waals surface area contributed by atoms with Gasteiger partial charge in [0.2, 0.25) is 0 Å². The Morgan fingerprint density at radius 1 is 1.31 bits per heavy atom. The molecule has 1 aliphatic carbocycles. The molecule has 2 atom stereocenters. The molecular weight excluding hydrogens is 222 g/mol. The average Bonchev–Trinajstić information content (AvgIpc) is 2.28. The minimum Gasteiger partial charge on any atom is -0.508 e. The summed E-state index contributed by atoms with van der Waals surface area (Å²) in [4.78, 5) is 0. The SMILES string of the molecule is Oc1cccc(CNC2CCCCC2Cl)c1. The Labute approximate surface area is 102 Å². The van der Waals surface area contributed by atoms with Gasteiger partial charge in [0.1, 0.15) is 5.75 Å². The van der Waals surface area contributed by atoms with Crippen molar-refractivity contribution in [2.24, 2.45) is 0 Å². The van der Waals surface area contributed by atoms with Crippen molar-refractivity contribution in [3.05, 3.63) is 29.8 Å². The summed E-state index contributed by atoms with van der Waals surface area (Å²) in [5.74, 6) is 0.324. The number of hydrogen-bond donors (Lipinski definition) is 2. The van der Waals surface area contributed by atoms with Crippen LogP contribution in [0.25, 0.3) is 0 Å². The molecule has 0 amide bonds. The normalized spacial score (nSPS) is 25.6. The van der Waals surface area contributed by atoms with E-state index in [0.29, 0.717) is 11.8 Å². The number of alkyl halides is 1. The molecular formula is C13H18ClNO. The second kappa shape index (κ2) is 5.55. The van der Waals surface area contributed by atoms with Gasteiger partial charge in [0, 0.05) is 18.0 Å². The lowest BCUT2D eigenvalue weighted by atomic mass is 9.95. The van der Waals surface area contributed by atoms with Gasteiger partial charge in [-0.25, -0.2) is 0 Å². The molecule has 1 aromatic carbocycles. The van der Waals surface area contributed by atoms with Crippen molar-refractivity contribution in [2.45, 2.75) is 43.6 Å². The lowest BCUT2D eigenvalue weighted by Gasteiger charge is -2.28. The molecule has 1 aromatic rings. The first-order valence-corrected chi connectivity index (χ1v) is 6.35. The maximum absolute atomic E-state index is 9.35. The summed E-state index contributed by atoms with van der Waals surface area (Å²) in [6.45, 7) is 0.780. The smallest absolute Gasteiger partial charge is 0.115 e. The van der Waals surface area contributed by atoms with Crippen molar-refractivity contribution >= 4 is 11.6 Å². The third-order valence-electron chi connectivity index (χ3n) is 3.16. The molecule has 2 nitrogen and oxygen atoms in total. The Hall–Kier alpha value is -0.730. The first-order chi connectivity index (χ1) is 7.75. The van der Waals surface area contributed by atoms with E-state index in [1.807, 2.05) is 12.1 Å². The zero-order valence-corrected chi connectivity index (χ0v) is 10.1. The summed E-state index contributed by atoms with van der Waals surface area (Å²) in [5.41, 5.74) is 1.11. The fourth-order valence-corrected chi connectivity index (χ4v) is 2.60. The summed E-state index contributed by atoms with van der Waals surface area (Å²) in [6.07, 6.45) is 4.78. The molecule has 1 saturated carbocycles. The first kappa shape index (κ1) is 11.7. The molecule has 16 heavy (non-hydrogen) atoms. The lowest BCUT2D eigenvalue weighted by molar-refractivity contribution is 0.378. The van der Waals surface area contributed by atoms with Crippen LogP contribution in [-0.2, 0) is 6.54 Å². The van der Waals surface area contributed by atoms with Gasteiger partial charge in [-0.15, -0.1) is 11.6 Å². The van der Waals surface area contributed by atoms with Crippen molar-refractivity contribution < 1.29 is 5.11 Å². The van der Waals surface area contributed by atoms with Crippen LogP contribution in [0.15, 0.2) is 24.3 Å². The van der Waals surface area contributed by atoms with Crippen LogP contribution in [-0.4, -0.2) is 16.5 Å². The highest BCUT2D eigenvalue weighted by Gasteiger charge is 2.22. The van der Waals surface area contributed by atoms with Gasteiger partial charge in [-0.2, -0.15) is 0 Å². The topological polar surface area (TPSA) is 32.3 Å². The summed E-state index contributed by atoms with van der Waals surface area (Å²) >= 11 is 6.27. The second-order valence-corrected chi connectivity index (χ2v) is 5.02. The number of rotatable bonds is 3. The molecule has 0 spiro atoms. The fourth-order valence-electron chi connectivity index (χ4n) is 2.23. The Balaban J connectivity index is 1.86. The highest BCUT2D eigenvalue weighted by molar-refractivity contribution is 6.21. The number of aromatic hydroxyl groups is 1. The largest absolute Gasteiger partial charge is 0.508 e. The zero-order valence-electron chi connectivity index (χ0n) is 9.32. The van der Waals surface area contributed by atoms with Crippen molar-refractivity contribution in [2.75, 3.05) is 0 Å². The number of benzene rings is 1. The molecule has 0 heterocycles. The van der Waals surface area contributed by atoms with Crippen molar-refractivity contribution in [1.82, 2.24) is 5.32 Å². The van der Waals surface area contributed by atoms with Crippen LogP contribution >= 0.6 is 11.6 Å². The molecule has 1 fully saturated rings. The zero-order chi connectivity index (χ0) is 11.4. The van der Waals surface area contributed by atoms with E-state index in [1.54, 1.807) is 12.1 Å². The summed E-state index contributed by atoms with van der Waals surface area (Å²) in [5, 5.41) is 13.1. The predicted molar refractivity (Wildman–Crippen MR) is 66.8 cm³/mol. The van der Waals surface area contributed by atoms with E-state index >= 15 is 0 Å². The van der Waals surface area contributed by atoms with Gasteiger partial charge in [0.25, 0.3) is 0 Å². The number of nitrogens with one attached hydrogen (secondary N) is 1. The van der Waals surface area contributed by atoms with Crippen molar-refractivity contribution in [3.63, 3.8) is 0 Å². The van der Waals surface area contributed by atoms with Crippen LogP contribution in [0.2, 0.25) is 0 Å². The van der Waals surface area contributed by atoms with E-state index in [9.17, 15) is 5.11 Å². The minimum atomic E-state index is 0.256. The molecule has 1 aliphatic rings. The highest BCUT2D eigenvalue weighted by atomic mass is 35.5. The number of halogens is 1. The van der Waals surface area contributed by atoms with Crippen LogP contribution in [0, 0.1) is 0 Å². The molecule has 0 aliphatic heterocycles. The first-order valence-electron chi connectivity index (χ1n) is 5.91. The Morgan fingerprint density at radius 2 is 2.12 bits per heavy atom. The van der Waals surface area contributed by atoms with Crippen molar-refractivity contribution in [3.8, 4) is 5.75 Å². The van der Waals surface area contributed by atoms with Crippen LogP contribution in [0.1, 0.15) is 31.2 Å². The van der Waals surface area contributed by atoms with Gasteiger partial charge >= 0.3 is 0 Å². The van der Waals surface area contributed by atoms with E-state index < -0.39 is 0 Å². The van der Waals surface area contributed by atoms with Gasteiger partial charge in [0.05, 0.1) is 0 Å². The second-order valence-electron chi connectivity index (χ2n) is 4.46. The quantitative estimate of drug-likeness (QED) is 0.795.